The number of carbonyl (C=O) groups excluding carboxylic acids is 1. The van der Waals surface area contributed by atoms with Gasteiger partial charge in [-0.25, -0.2) is 0 Å². The standard InChI is InChI=1S/C15H22ClN3O2/c1-10(11-3-4-11)19(7-8-21-2)15(20)13-9-12(16)5-6-14(13)18-17/h5-6,9-11,18H,3-4,7-8,17H2,1-2H3. The van der Waals surface area contributed by atoms with E-state index in [0.29, 0.717) is 35.3 Å². The van der Waals surface area contributed by atoms with E-state index in [-0.39, 0.29) is 11.9 Å². The van der Waals surface area contributed by atoms with Crippen molar-refractivity contribution in [3.8, 4) is 0 Å². The first kappa shape index (κ1) is 16.1. The summed E-state index contributed by atoms with van der Waals surface area (Å²) in [4.78, 5) is 14.7. The van der Waals surface area contributed by atoms with E-state index in [1.165, 1.54) is 12.8 Å². The molecule has 0 heterocycles. The second-order valence-corrected chi connectivity index (χ2v) is 5.84. The molecule has 1 aromatic carbocycles. The van der Waals surface area contributed by atoms with Gasteiger partial charge in [-0.05, 0) is 43.9 Å². The minimum Gasteiger partial charge on any atom is -0.383 e. The number of ether oxygens (including phenoxy) is 1. The highest BCUT2D eigenvalue weighted by Gasteiger charge is 2.35. The van der Waals surface area contributed by atoms with Crippen LogP contribution in [0.4, 0.5) is 5.69 Å². The lowest BCUT2D eigenvalue weighted by Gasteiger charge is -2.30. The number of nitrogens with one attached hydrogen (secondary N) is 1. The summed E-state index contributed by atoms with van der Waals surface area (Å²) in [7, 11) is 1.64. The van der Waals surface area contributed by atoms with Crippen molar-refractivity contribution >= 4 is 23.2 Å². The summed E-state index contributed by atoms with van der Waals surface area (Å²) in [5, 5.41) is 0.517. The number of amides is 1. The zero-order chi connectivity index (χ0) is 15.4. The molecule has 0 aromatic heterocycles. The Hall–Kier alpha value is -1.30. The van der Waals surface area contributed by atoms with Crippen molar-refractivity contribution in [1.29, 1.82) is 0 Å². The molecule has 1 aliphatic rings. The molecule has 1 fully saturated rings. The summed E-state index contributed by atoms with van der Waals surface area (Å²) in [6, 6.07) is 5.26. The zero-order valence-electron chi connectivity index (χ0n) is 12.4. The number of hydrogen-bond acceptors (Lipinski definition) is 4. The van der Waals surface area contributed by atoms with Gasteiger partial charge < -0.3 is 15.1 Å². The Balaban J connectivity index is 2.25. The largest absolute Gasteiger partial charge is 0.383 e. The molecule has 1 amide bonds. The molecule has 1 unspecified atom stereocenters. The summed E-state index contributed by atoms with van der Waals surface area (Å²) in [5.41, 5.74) is 3.63. The van der Waals surface area contributed by atoms with Crippen LogP contribution in [0.25, 0.3) is 0 Å². The van der Waals surface area contributed by atoms with E-state index in [2.05, 4.69) is 12.3 Å². The maximum atomic E-state index is 12.9. The van der Waals surface area contributed by atoms with E-state index < -0.39 is 0 Å². The number of hydrazine groups is 1. The SMILES string of the molecule is COCCN(C(=O)c1cc(Cl)ccc1NN)C(C)C1CC1. The third-order valence-corrected chi connectivity index (χ3v) is 4.20. The first-order valence-electron chi connectivity index (χ1n) is 7.14. The monoisotopic (exact) mass is 311 g/mol. The molecule has 6 heteroatoms. The van der Waals surface area contributed by atoms with Gasteiger partial charge in [-0.1, -0.05) is 11.6 Å². The molecule has 21 heavy (non-hydrogen) atoms. The number of nitrogen functional groups attached to an aromatic ring is 1. The molecule has 0 aliphatic heterocycles. The quantitative estimate of drug-likeness (QED) is 0.600. The fourth-order valence-electron chi connectivity index (χ4n) is 2.49. The number of nitrogens with zero attached hydrogens (tertiary/aromatic N) is 1. The van der Waals surface area contributed by atoms with E-state index >= 15 is 0 Å². The topological polar surface area (TPSA) is 67.6 Å². The van der Waals surface area contributed by atoms with Crippen molar-refractivity contribution in [2.75, 3.05) is 25.7 Å². The second kappa shape index (κ2) is 7.11. The predicted octanol–water partition coefficient (Wildman–Crippen LogP) is 2.51. The first-order valence-corrected chi connectivity index (χ1v) is 7.52. The molecule has 1 aliphatic carbocycles. The summed E-state index contributed by atoms with van der Waals surface area (Å²) >= 11 is 6.02. The number of anilines is 1. The van der Waals surface area contributed by atoms with E-state index in [9.17, 15) is 4.79 Å². The molecule has 1 aromatic rings. The van der Waals surface area contributed by atoms with Crippen LogP contribution in [0.2, 0.25) is 5.02 Å². The predicted molar refractivity (Wildman–Crippen MR) is 84.4 cm³/mol. The third kappa shape index (κ3) is 3.87. The van der Waals surface area contributed by atoms with Gasteiger partial charge in [0.25, 0.3) is 5.91 Å². The van der Waals surface area contributed by atoms with Gasteiger partial charge in [0.15, 0.2) is 0 Å². The summed E-state index contributed by atoms with van der Waals surface area (Å²) in [6.07, 6.45) is 2.35. The maximum Gasteiger partial charge on any atom is 0.256 e. The highest BCUT2D eigenvalue weighted by atomic mass is 35.5. The van der Waals surface area contributed by atoms with Crippen LogP contribution in [0.1, 0.15) is 30.1 Å². The van der Waals surface area contributed by atoms with Crippen LogP contribution in [-0.2, 0) is 4.74 Å². The molecule has 1 atom stereocenters. The normalized spacial score (nSPS) is 15.6. The molecule has 0 saturated heterocycles. The van der Waals surface area contributed by atoms with Crippen molar-refractivity contribution in [1.82, 2.24) is 4.90 Å². The summed E-state index contributed by atoms with van der Waals surface area (Å²) in [5.74, 6) is 6.01. The van der Waals surface area contributed by atoms with Gasteiger partial charge in [-0.3, -0.25) is 10.6 Å². The van der Waals surface area contributed by atoms with Crippen molar-refractivity contribution in [3.63, 3.8) is 0 Å². The average molecular weight is 312 g/mol. The number of nitrogens with two attached hydrogens (primary N) is 1. The molecule has 1 saturated carbocycles. The highest BCUT2D eigenvalue weighted by molar-refractivity contribution is 6.31. The molecule has 0 radical (unpaired) electrons. The van der Waals surface area contributed by atoms with Crippen LogP contribution in [0.15, 0.2) is 18.2 Å². The van der Waals surface area contributed by atoms with Crippen LogP contribution >= 0.6 is 11.6 Å². The fourth-order valence-corrected chi connectivity index (χ4v) is 2.66. The van der Waals surface area contributed by atoms with E-state index in [1.54, 1.807) is 25.3 Å². The van der Waals surface area contributed by atoms with Crippen molar-refractivity contribution in [2.45, 2.75) is 25.8 Å². The number of halogens is 1. The zero-order valence-corrected chi connectivity index (χ0v) is 13.2. The van der Waals surface area contributed by atoms with Crippen LogP contribution in [0.5, 0.6) is 0 Å². The van der Waals surface area contributed by atoms with Gasteiger partial charge >= 0.3 is 0 Å². The molecule has 3 N–H and O–H groups in total. The Kier molecular flexibility index (Phi) is 5.45. The van der Waals surface area contributed by atoms with E-state index in [0.717, 1.165) is 0 Å². The number of benzene rings is 1. The lowest BCUT2D eigenvalue weighted by Crippen LogP contribution is -2.42. The molecular weight excluding hydrogens is 290 g/mol. The van der Waals surface area contributed by atoms with Gasteiger partial charge in [0.2, 0.25) is 0 Å². The average Bonchev–Trinajstić information content (AvgIpc) is 3.31. The van der Waals surface area contributed by atoms with Gasteiger partial charge in [-0.2, -0.15) is 0 Å². The molecule has 116 valence electrons. The minimum absolute atomic E-state index is 0.0677. The molecular formula is C15H22ClN3O2. The number of carbonyl (C=O) groups is 1. The van der Waals surface area contributed by atoms with E-state index in [1.807, 2.05) is 4.90 Å². The van der Waals surface area contributed by atoms with Crippen LogP contribution in [0.3, 0.4) is 0 Å². The molecule has 2 rings (SSSR count). The second-order valence-electron chi connectivity index (χ2n) is 5.40. The lowest BCUT2D eigenvalue weighted by molar-refractivity contribution is 0.0595. The first-order chi connectivity index (χ1) is 10.1. The Morgan fingerprint density at radius 3 is 2.86 bits per heavy atom. The Morgan fingerprint density at radius 2 is 2.29 bits per heavy atom. The van der Waals surface area contributed by atoms with Crippen molar-refractivity contribution in [3.05, 3.63) is 28.8 Å². The van der Waals surface area contributed by atoms with E-state index in [4.69, 9.17) is 22.2 Å². The summed E-state index contributed by atoms with van der Waals surface area (Å²) < 4.78 is 5.13. The Morgan fingerprint density at radius 1 is 1.57 bits per heavy atom. The van der Waals surface area contributed by atoms with Crippen LogP contribution in [-0.4, -0.2) is 37.1 Å². The van der Waals surface area contributed by atoms with Gasteiger partial charge in [0.1, 0.15) is 0 Å². The third-order valence-electron chi connectivity index (χ3n) is 3.96. The smallest absolute Gasteiger partial charge is 0.256 e. The summed E-state index contributed by atoms with van der Waals surface area (Å²) in [6.45, 7) is 3.16. The van der Waals surface area contributed by atoms with Gasteiger partial charge in [-0.15, -0.1) is 0 Å². The number of methoxy groups -OCH3 is 1. The van der Waals surface area contributed by atoms with Crippen LogP contribution < -0.4 is 11.3 Å². The molecule has 5 nitrogen and oxygen atoms in total. The molecule has 0 bridgehead atoms. The maximum absolute atomic E-state index is 12.9. The van der Waals surface area contributed by atoms with Gasteiger partial charge in [0.05, 0.1) is 17.9 Å². The van der Waals surface area contributed by atoms with Crippen LogP contribution in [0, 0.1) is 5.92 Å². The Labute approximate surface area is 130 Å². The van der Waals surface area contributed by atoms with Crippen molar-refractivity contribution in [2.24, 2.45) is 11.8 Å². The van der Waals surface area contributed by atoms with Crippen molar-refractivity contribution < 1.29 is 9.53 Å². The lowest BCUT2D eigenvalue weighted by atomic mass is 10.1. The number of hydrogen-bond donors (Lipinski definition) is 2. The fraction of sp³-hybridized carbons (Fsp3) is 0.533. The minimum atomic E-state index is -0.0677. The number of rotatable bonds is 7. The molecule has 0 spiro atoms. The Bertz CT molecular complexity index is 506. The highest BCUT2D eigenvalue weighted by Crippen LogP contribution is 2.36. The van der Waals surface area contributed by atoms with Gasteiger partial charge in [0, 0.05) is 24.7 Å².